The maximum absolute atomic E-state index is 13.5. The van der Waals surface area contributed by atoms with Gasteiger partial charge in [-0.2, -0.15) is 5.10 Å². The van der Waals surface area contributed by atoms with Gasteiger partial charge in [0, 0.05) is 11.6 Å². The number of hydrogen-bond donors (Lipinski definition) is 2. The first kappa shape index (κ1) is 16.7. The van der Waals surface area contributed by atoms with E-state index in [1.165, 1.54) is 12.1 Å². The Morgan fingerprint density at radius 2 is 1.92 bits per heavy atom. The lowest BCUT2D eigenvalue weighted by Crippen LogP contribution is -1.99. The summed E-state index contributed by atoms with van der Waals surface area (Å²) in [5.74, 6) is -0.456. The van der Waals surface area contributed by atoms with Gasteiger partial charge in [-0.15, -0.1) is 0 Å². The molecule has 8 heteroatoms. The Kier molecular flexibility index (Phi) is 4.78. The van der Waals surface area contributed by atoms with Crippen molar-refractivity contribution in [3.8, 4) is 28.6 Å². The first-order valence-electron chi connectivity index (χ1n) is 7.52. The Labute approximate surface area is 142 Å². The standard InChI is InChI=1S/C17H15F2N3O3/c1-2-24-15-7-10(3-5-13(15)23)17-20-16(21-22-17)9-25-14-6-4-11(18)8-12(14)19/h3-8,23H,2,9H2,1H3,(H,20,21,22). The van der Waals surface area contributed by atoms with E-state index in [-0.39, 0.29) is 18.1 Å². The van der Waals surface area contributed by atoms with E-state index in [9.17, 15) is 13.9 Å². The van der Waals surface area contributed by atoms with Crippen LogP contribution in [0.5, 0.6) is 17.2 Å². The van der Waals surface area contributed by atoms with E-state index in [4.69, 9.17) is 9.47 Å². The summed E-state index contributed by atoms with van der Waals surface area (Å²) in [5, 5.41) is 16.5. The Balaban J connectivity index is 1.73. The molecule has 1 heterocycles. The molecule has 0 spiro atoms. The zero-order valence-corrected chi connectivity index (χ0v) is 13.3. The fourth-order valence-electron chi connectivity index (χ4n) is 2.15. The third-order valence-corrected chi connectivity index (χ3v) is 3.31. The van der Waals surface area contributed by atoms with Crippen molar-refractivity contribution in [1.29, 1.82) is 0 Å². The second-order valence-corrected chi connectivity index (χ2v) is 5.08. The van der Waals surface area contributed by atoms with Crippen LogP contribution in [-0.4, -0.2) is 26.9 Å². The predicted molar refractivity (Wildman–Crippen MR) is 85.3 cm³/mol. The lowest BCUT2D eigenvalue weighted by molar-refractivity contribution is 0.280. The number of aromatic hydroxyl groups is 1. The number of rotatable bonds is 6. The maximum Gasteiger partial charge on any atom is 0.181 e. The van der Waals surface area contributed by atoms with Gasteiger partial charge in [0.25, 0.3) is 0 Å². The van der Waals surface area contributed by atoms with Crippen molar-refractivity contribution in [2.45, 2.75) is 13.5 Å². The van der Waals surface area contributed by atoms with Crippen LogP contribution in [-0.2, 0) is 6.61 Å². The normalized spacial score (nSPS) is 10.7. The van der Waals surface area contributed by atoms with Gasteiger partial charge >= 0.3 is 0 Å². The Hall–Kier alpha value is -3.16. The molecule has 0 aliphatic heterocycles. The predicted octanol–water partition coefficient (Wildman–Crippen LogP) is 3.43. The van der Waals surface area contributed by atoms with Crippen LogP contribution in [0.2, 0.25) is 0 Å². The molecule has 0 aliphatic carbocycles. The molecule has 0 radical (unpaired) electrons. The van der Waals surface area contributed by atoms with Gasteiger partial charge in [-0.05, 0) is 37.3 Å². The van der Waals surface area contributed by atoms with Crippen LogP contribution in [0.3, 0.4) is 0 Å². The van der Waals surface area contributed by atoms with Crippen LogP contribution >= 0.6 is 0 Å². The molecule has 0 saturated carbocycles. The van der Waals surface area contributed by atoms with Crippen molar-refractivity contribution >= 4 is 0 Å². The number of H-pyrrole nitrogens is 1. The molecule has 0 atom stereocenters. The average molecular weight is 347 g/mol. The highest BCUT2D eigenvalue weighted by Crippen LogP contribution is 2.30. The Morgan fingerprint density at radius 1 is 1.08 bits per heavy atom. The molecule has 0 bridgehead atoms. The number of halogens is 2. The number of aromatic nitrogens is 3. The molecular weight excluding hydrogens is 332 g/mol. The molecule has 130 valence electrons. The number of phenols is 1. The first-order valence-corrected chi connectivity index (χ1v) is 7.52. The molecule has 1 aromatic heterocycles. The van der Waals surface area contributed by atoms with Gasteiger partial charge in [0.15, 0.2) is 34.7 Å². The van der Waals surface area contributed by atoms with Gasteiger partial charge in [0.05, 0.1) is 6.61 Å². The van der Waals surface area contributed by atoms with Gasteiger partial charge in [0.1, 0.15) is 12.4 Å². The van der Waals surface area contributed by atoms with Crippen molar-refractivity contribution in [2.24, 2.45) is 0 Å². The first-order chi connectivity index (χ1) is 12.1. The number of nitrogens with one attached hydrogen (secondary N) is 1. The second kappa shape index (κ2) is 7.16. The van der Waals surface area contributed by atoms with Crippen molar-refractivity contribution in [2.75, 3.05) is 6.61 Å². The lowest BCUT2D eigenvalue weighted by Gasteiger charge is -2.06. The molecule has 0 amide bonds. The number of ether oxygens (including phenoxy) is 2. The van der Waals surface area contributed by atoms with E-state index in [1.807, 2.05) is 6.92 Å². The Morgan fingerprint density at radius 3 is 2.68 bits per heavy atom. The second-order valence-electron chi connectivity index (χ2n) is 5.08. The number of nitrogens with zero attached hydrogens (tertiary/aromatic N) is 2. The summed E-state index contributed by atoms with van der Waals surface area (Å²) in [7, 11) is 0. The summed E-state index contributed by atoms with van der Waals surface area (Å²) in [4.78, 5) is 4.25. The highest BCUT2D eigenvalue weighted by molar-refractivity contribution is 5.60. The summed E-state index contributed by atoms with van der Waals surface area (Å²) in [6.45, 7) is 2.15. The molecule has 2 aromatic carbocycles. The number of aromatic amines is 1. The molecule has 0 fully saturated rings. The largest absolute Gasteiger partial charge is 0.504 e. The molecule has 2 N–H and O–H groups in total. The molecule has 25 heavy (non-hydrogen) atoms. The van der Waals surface area contributed by atoms with Crippen molar-refractivity contribution < 1.29 is 23.4 Å². The summed E-state index contributed by atoms with van der Waals surface area (Å²) in [5.41, 5.74) is 0.636. The zero-order chi connectivity index (χ0) is 17.8. The zero-order valence-electron chi connectivity index (χ0n) is 13.3. The van der Waals surface area contributed by atoms with Crippen LogP contribution in [0.25, 0.3) is 11.4 Å². The molecule has 3 rings (SSSR count). The van der Waals surface area contributed by atoms with Gasteiger partial charge in [-0.3, -0.25) is 5.10 Å². The van der Waals surface area contributed by atoms with Gasteiger partial charge in [-0.25, -0.2) is 13.8 Å². The third-order valence-electron chi connectivity index (χ3n) is 3.31. The van der Waals surface area contributed by atoms with Gasteiger partial charge < -0.3 is 14.6 Å². The van der Waals surface area contributed by atoms with Crippen LogP contribution < -0.4 is 9.47 Å². The summed E-state index contributed by atoms with van der Waals surface area (Å²) in [6.07, 6.45) is 0. The molecule has 0 aliphatic rings. The number of benzene rings is 2. The highest BCUT2D eigenvalue weighted by atomic mass is 19.1. The van der Waals surface area contributed by atoms with Crippen LogP contribution in [0.15, 0.2) is 36.4 Å². The van der Waals surface area contributed by atoms with Gasteiger partial charge in [0.2, 0.25) is 0 Å². The summed E-state index contributed by atoms with van der Waals surface area (Å²) in [6, 6.07) is 7.80. The van der Waals surface area contributed by atoms with E-state index in [2.05, 4.69) is 15.2 Å². The summed E-state index contributed by atoms with van der Waals surface area (Å²) >= 11 is 0. The molecule has 3 aromatic rings. The smallest absolute Gasteiger partial charge is 0.181 e. The van der Waals surface area contributed by atoms with Crippen LogP contribution in [0.4, 0.5) is 8.78 Å². The minimum Gasteiger partial charge on any atom is -0.504 e. The summed E-state index contributed by atoms with van der Waals surface area (Å²) < 4.78 is 37.0. The fourth-order valence-corrected chi connectivity index (χ4v) is 2.15. The van der Waals surface area contributed by atoms with E-state index in [0.717, 1.165) is 12.1 Å². The molecule has 6 nitrogen and oxygen atoms in total. The third kappa shape index (κ3) is 3.85. The topological polar surface area (TPSA) is 80.3 Å². The number of phenolic OH excluding ortho intramolecular Hbond substituents is 1. The molecule has 0 saturated heterocycles. The average Bonchev–Trinajstić information content (AvgIpc) is 3.05. The number of hydrogen-bond acceptors (Lipinski definition) is 5. The van der Waals surface area contributed by atoms with Crippen LogP contribution in [0.1, 0.15) is 12.7 Å². The van der Waals surface area contributed by atoms with Crippen molar-refractivity contribution in [3.05, 3.63) is 53.9 Å². The minimum absolute atomic E-state index is 0.0245. The monoisotopic (exact) mass is 347 g/mol. The van der Waals surface area contributed by atoms with Crippen molar-refractivity contribution in [1.82, 2.24) is 15.2 Å². The fraction of sp³-hybridized carbons (Fsp3) is 0.176. The van der Waals surface area contributed by atoms with E-state index in [1.54, 1.807) is 12.1 Å². The van der Waals surface area contributed by atoms with E-state index >= 15 is 0 Å². The van der Waals surface area contributed by atoms with Crippen LogP contribution in [0, 0.1) is 11.6 Å². The highest BCUT2D eigenvalue weighted by Gasteiger charge is 2.11. The molecule has 0 unspecified atom stereocenters. The SMILES string of the molecule is CCOc1cc(-c2n[nH]c(COc3ccc(F)cc3F)n2)ccc1O. The van der Waals surface area contributed by atoms with E-state index in [0.29, 0.717) is 29.6 Å². The maximum atomic E-state index is 13.5. The minimum atomic E-state index is -0.792. The lowest BCUT2D eigenvalue weighted by atomic mass is 10.2. The quantitative estimate of drug-likeness (QED) is 0.714. The van der Waals surface area contributed by atoms with Crippen molar-refractivity contribution in [3.63, 3.8) is 0 Å². The van der Waals surface area contributed by atoms with E-state index < -0.39 is 11.6 Å². The van der Waals surface area contributed by atoms with Gasteiger partial charge in [-0.1, -0.05) is 0 Å². The molecular formula is C17H15F2N3O3. The Bertz CT molecular complexity index is 883.